The van der Waals surface area contributed by atoms with E-state index < -0.39 is 0 Å². The van der Waals surface area contributed by atoms with Gasteiger partial charge in [-0.1, -0.05) is 30.3 Å². The number of hydrogen-bond acceptors (Lipinski definition) is 4. The van der Waals surface area contributed by atoms with Gasteiger partial charge in [-0.15, -0.1) is 0 Å². The van der Waals surface area contributed by atoms with Crippen molar-refractivity contribution in [3.8, 4) is 17.5 Å². The van der Waals surface area contributed by atoms with Crippen molar-refractivity contribution in [2.45, 2.75) is 25.4 Å². The van der Waals surface area contributed by atoms with Gasteiger partial charge in [-0.05, 0) is 60.4 Å². The molecule has 0 spiro atoms. The molecule has 3 aromatic carbocycles. The van der Waals surface area contributed by atoms with Crippen LogP contribution in [-0.2, 0) is 17.8 Å². The number of carbonyl (C=O) groups is 1. The van der Waals surface area contributed by atoms with Crippen LogP contribution >= 0.6 is 0 Å². The molecule has 1 amide bonds. The Bertz CT molecular complexity index is 1590. The summed E-state index contributed by atoms with van der Waals surface area (Å²) in [7, 11) is 0. The first kappa shape index (κ1) is 20.2. The maximum absolute atomic E-state index is 12.8. The van der Waals surface area contributed by atoms with Gasteiger partial charge in [0, 0.05) is 28.5 Å². The number of rotatable bonds is 4. The second-order valence-corrected chi connectivity index (χ2v) is 8.62. The zero-order valence-electron chi connectivity index (χ0n) is 18.4. The van der Waals surface area contributed by atoms with Gasteiger partial charge in [0.25, 0.3) is 0 Å². The lowest BCUT2D eigenvalue weighted by Crippen LogP contribution is -2.39. The van der Waals surface area contributed by atoms with Crippen LogP contribution in [0.25, 0.3) is 33.2 Å². The molecule has 1 unspecified atom stereocenters. The summed E-state index contributed by atoms with van der Waals surface area (Å²) in [5.74, 6) is 0.00612. The summed E-state index contributed by atoms with van der Waals surface area (Å²) < 4.78 is 0. The van der Waals surface area contributed by atoms with Gasteiger partial charge < -0.3 is 15.6 Å². The van der Waals surface area contributed by atoms with E-state index in [4.69, 9.17) is 5.26 Å². The van der Waals surface area contributed by atoms with Crippen LogP contribution < -0.4 is 10.6 Å². The van der Waals surface area contributed by atoms with Gasteiger partial charge in [0.1, 0.15) is 5.69 Å². The first-order valence-electron chi connectivity index (χ1n) is 11.3. The molecule has 0 bridgehead atoms. The smallest absolute Gasteiger partial charge is 0.241 e. The number of amides is 1. The molecule has 4 N–H and O–H groups in total. The number of benzene rings is 3. The molecule has 1 atom stereocenters. The lowest BCUT2D eigenvalue weighted by Gasteiger charge is -2.15. The number of fused-ring (bicyclic) bond motifs is 3. The number of aromatic nitrogens is 3. The highest BCUT2D eigenvalue weighted by Crippen LogP contribution is 2.30. The summed E-state index contributed by atoms with van der Waals surface area (Å²) in [5.41, 5.74) is 7.34. The Morgan fingerprint density at radius 1 is 1.03 bits per heavy atom. The number of anilines is 1. The lowest BCUT2D eigenvalue weighted by molar-refractivity contribution is -0.118. The zero-order chi connectivity index (χ0) is 23.1. The predicted octanol–water partition coefficient (Wildman–Crippen LogP) is 4.63. The van der Waals surface area contributed by atoms with Crippen LogP contribution in [-0.4, -0.2) is 27.1 Å². The van der Waals surface area contributed by atoms with E-state index in [2.05, 4.69) is 50.1 Å². The van der Waals surface area contributed by atoms with Crippen molar-refractivity contribution in [1.29, 1.82) is 5.26 Å². The molecule has 0 aliphatic carbocycles. The van der Waals surface area contributed by atoms with Gasteiger partial charge in [-0.2, -0.15) is 10.4 Å². The molecule has 7 heteroatoms. The molecule has 34 heavy (non-hydrogen) atoms. The van der Waals surface area contributed by atoms with E-state index in [-0.39, 0.29) is 11.9 Å². The van der Waals surface area contributed by atoms with E-state index in [1.807, 2.05) is 36.4 Å². The normalized spacial score (nSPS) is 15.6. The number of aryl methyl sites for hydroxylation is 1. The van der Waals surface area contributed by atoms with Crippen LogP contribution in [0.1, 0.15) is 23.1 Å². The zero-order valence-corrected chi connectivity index (χ0v) is 18.4. The second kappa shape index (κ2) is 8.18. The number of nitrogens with one attached hydrogen (secondary N) is 4. The van der Waals surface area contributed by atoms with Crippen LogP contribution in [0.3, 0.4) is 0 Å². The van der Waals surface area contributed by atoms with E-state index in [1.54, 1.807) is 12.1 Å². The largest absolute Gasteiger partial charge is 0.353 e. The molecule has 1 aliphatic rings. The van der Waals surface area contributed by atoms with Gasteiger partial charge in [-0.3, -0.25) is 9.89 Å². The predicted molar refractivity (Wildman–Crippen MR) is 132 cm³/mol. The molecule has 0 saturated carbocycles. The average Bonchev–Trinajstić information content (AvgIpc) is 3.44. The van der Waals surface area contributed by atoms with Crippen molar-refractivity contribution in [2.75, 3.05) is 5.32 Å². The van der Waals surface area contributed by atoms with Gasteiger partial charge in [0.2, 0.25) is 5.91 Å². The van der Waals surface area contributed by atoms with Crippen molar-refractivity contribution < 1.29 is 4.79 Å². The summed E-state index contributed by atoms with van der Waals surface area (Å²) in [6.07, 6.45) is 1.60. The number of nitrogens with zero attached hydrogens (tertiary/aromatic N) is 2. The molecule has 7 nitrogen and oxygen atoms in total. The molecule has 0 fully saturated rings. The molecule has 0 saturated heterocycles. The lowest BCUT2D eigenvalue weighted by atomic mass is 10.0. The van der Waals surface area contributed by atoms with Gasteiger partial charge in [0.15, 0.2) is 0 Å². The summed E-state index contributed by atoms with van der Waals surface area (Å²) in [5, 5.41) is 25.2. The fourth-order valence-corrected chi connectivity index (χ4v) is 4.73. The summed E-state index contributed by atoms with van der Waals surface area (Å²) in [4.78, 5) is 16.3. The van der Waals surface area contributed by atoms with E-state index >= 15 is 0 Å². The number of hydrogen-bond donors (Lipinski definition) is 4. The first-order valence-corrected chi connectivity index (χ1v) is 11.3. The Morgan fingerprint density at radius 2 is 1.94 bits per heavy atom. The monoisotopic (exact) mass is 446 g/mol. The maximum Gasteiger partial charge on any atom is 0.241 e. The van der Waals surface area contributed by atoms with Crippen LogP contribution in [0, 0.1) is 11.3 Å². The summed E-state index contributed by atoms with van der Waals surface area (Å²) >= 11 is 0. The number of para-hydroxylation sites is 1. The van der Waals surface area contributed by atoms with E-state index in [1.165, 1.54) is 5.56 Å². The van der Waals surface area contributed by atoms with Gasteiger partial charge in [-0.25, -0.2) is 0 Å². The molecule has 3 heterocycles. The highest BCUT2D eigenvalue weighted by atomic mass is 16.2. The van der Waals surface area contributed by atoms with Crippen LogP contribution in [0.4, 0.5) is 5.69 Å². The minimum Gasteiger partial charge on any atom is -0.353 e. The SMILES string of the molecule is N#Cc1ccc2c(-c3cc4c(CNC5CCc6ccccc6NC5=O)cccc4[nH]3)n[nH]c2c1. The summed E-state index contributed by atoms with van der Waals surface area (Å²) in [6, 6.07) is 23.6. The highest BCUT2D eigenvalue weighted by molar-refractivity contribution is 5.97. The highest BCUT2D eigenvalue weighted by Gasteiger charge is 2.23. The second-order valence-electron chi connectivity index (χ2n) is 8.62. The minimum atomic E-state index is -0.259. The van der Waals surface area contributed by atoms with Crippen molar-refractivity contribution >= 4 is 33.4 Å². The first-order chi connectivity index (χ1) is 16.7. The van der Waals surface area contributed by atoms with E-state index in [9.17, 15) is 4.79 Å². The molecule has 166 valence electrons. The average molecular weight is 447 g/mol. The molecule has 5 aromatic rings. The molecule has 0 radical (unpaired) electrons. The Balaban J connectivity index is 1.26. The van der Waals surface area contributed by atoms with Gasteiger partial charge in [0.05, 0.1) is 28.9 Å². The molecule has 1 aliphatic heterocycles. The number of aromatic amines is 2. The number of nitriles is 1. The van der Waals surface area contributed by atoms with E-state index in [0.717, 1.165) is 57.3 Å². The van der Waals surface area contributed by atoms with Crippen LogP contribution in [0.5, 0.6) is 0 Å². The fraction of sp³-hybridized carbons (Fsp3) is 0.148. The number of H-pyrrole nitrogens is 2. The molecule has 2 aromatic heterocycles. The fourth-order valence-electron chi connectivity index (χ4n) is 4.73. The quantitative estimate of drug-likeness (QED) is 0.323. The third kappa shape index (κ3) is 3.51. The van der Waals surface area contributed by atoms with Crippen LogP contribution in [0.2, 0.25) is 0 Å². The maximum atomic E-state index is 12.8. The molecule has 6 rings (SSSR count). The van der Waals surface area contributed by atoms with E-state index in [0.29, 0.717) is 12.1 Å². The molecular formula is C27H22N6O. The summed E-state index contributed by atoms with van der Waals surface area (Å²) in [6.45, 7) is 0.579. The Morgan fingerprint density at radius 3 is 2.85 bits per heavy atom. The Labute approximate surface area is 195 Å². The molecular weight excluding hydrogens is 424 g/mol. The van der Waals surface area contributed by atoms with Crippen LogP contribution in [0.15, 0.2) is 66.7 Å². The van der Waals surface area contributed by atoms with Crippen molar-refractivity contribution in [2.24, 2.45) is 0 Å². The third-order valence-electron chi connectivity index (χ3n) is 6.53. The van der Waals surface area contributed by atoms with Crippen molar-refractivity contribution in [1.82, 2.24) is 20.5 Å². The standard InChI is InChI=1S/C27H22N6O/c28-14-16-8-10-19-24(12-16)32-33-26(19)25-13-20-18(5-3-7-22(20)30-25)15-29-23-11-9-17-4-1-2-6-21(17)31-27(23)34/h1-8,10,12-13,23,29-30H,9,11,15H2,(H,31,34)(H,32,33). The number of carbonyl (C=O) groups excluding carboxylic acids is 1. The van der Waals surface area contributed by atoms with Crippen molar-refractivity contribution in [3.05, 3.63) is 83.4 Å². The topological polar surface area (TPSA) is 109 Å². The Kier molecular flexibility index (Phi) is 4.86. The minimum absolute atomic E-state index is 0.00612. The Hall–Kier alpha value is -4.41. The van der Waals surface area contributed by atoms with Gasteiger partial charge >= 0.3 is 0 Å². The third-order valence-corrected chi connectivity index (χ3v) is 6.53. The van der Waals surface area contributed by atoms with Crippen molar-refractivity contribution in [3.63, 3.8) is 0 Å².